The molecular formula is C13H22N4O2S. The smallest absolute Gasteiger partial charge is 0.263 e. The molecule has 0 atom stereocenters. The Labute approximate surface area is 122 Å². The van der Waals surface area contributed by atoms with E-state index in [-0.39, 0.29) is 17.2 Å². The van der Waals surface area contributed by atoms with Crippen molar-refractivity contribution in [3.05, 3.63) is 10.4 Å². The molecule has 2 amide bonds. The lowest BCUT2D eigenvalue weighted by atomic mass is 10.2. The Morgan fingerprint density at radius 1 is 1.25 bits per heavy atom. The van der Waals surface area contributed by atoms with Crippen molar-refractivity contribution in [3.63, 3.8) is 0 Å². The van der Waals surface area contributed by atoms with Gasteiger partial charge in [0, 0.05) is 13.6 Å². The van der Waals surface area contributed by atoms with Crippen LogP contribution in [0.3, 0.4) is 0 Å². The monoisotopic (exact) mass is 298 g/mol. The Balaban J connectivity index is 2.83. The molecule has 0 aliphatic rings. The highest BCUT2D eigenvalue weighted by atomic mass is 32.1. The largest absolute Gasteiger partial charge is 0.397 e. The predicted octanol–water partition coefficient (Wildman–Crippen LogP) is 1.78. The van der Waals surface area contributed by atoms with Crippen LogP contribution in [0.2, 0.25) is 0 Å². The molecule has 6 nitrogen and oxygen atoms in total. The molecule has 0 aliphatic carbocycles. The molecule has 0 fully saturated rings. The molecule has 1 aromatic heterocycles. The van der Waals surface area contributed by atoms with Gasteiger partial charge in [-0.1, -0.05) is 26.2 Å². The minimum atomic E-state index is -0.620. The summed E-state index contributed by atoms with van der Waals surface area (Å²) in [6.45, 7) is 2.88. The number of carbonyl (C=O) groups is 2. The number of anilines is 2. The van der Waals surface area contributed by atoms with Crippen molar-refractivity contribution in [3.8, 4) is 0 Å². The van der Waals surface area contributed by atoms with Gasteiger partial charge in [-0.05, 0) is 6.42 Å². The first kappa shape index (κ1) is 16.3. The number of hydrogen-bond acceptors (Lipinski definition) is 5. The predicted molar refractivity (Wildman–Crippen MR) is 83.3 cm³/mol. The zero-order valence-electron chi connectivity index (χ0n) is 11.9. The second-order valence-corrected chi connectivity index (χ2v) is 5.50. The van der Waals surface area contributed by atoms with Gasteiger partial charge in [0.05, 0.1) is 11.3 Å². The number of hydrogen-bond donors (Lipinski definition) is 4. The number of rotatable bonds is 8. The van der Waals surface area contributed by atoms with Crippen molar-refractivity contribution >= 4 is 33.8 Å². The van der Waals surface area contributed by atoms with Gasteiger partial charge >= 0.3 is 0 Å². The summed E-state index contributed by atoms with van der Waals surface area (Å²) in [5.41, 5.74) is 11.5. The van der Waals surface area contributed by atoms with E-state index < -0.39 is 5.91 Å². The second kappa shape index (κ2) is 7.74. The first-order valence-corrected chi connectivity index (χ1v) is 7.52. The Kier molecular flexibility index (Phi) is 6.30. The molecule has 0 bridgehead atoms. The minimum absolute atomic E-state index is 0.151. The van der Waals surface area contributed by atoms with Gasteiger partial charge in [0.15, 0.2) is 0 Å². The normalized spacial score (nSPS) is 10.3. The maximum absolute atomic E-state index is 11.7. The van der Waals surface area contributed by atoms with Crippen LogP contribution in [-0.4, -0.2) is 25.4 Å². The number of unbranched alkanes of at least 4 members (excludes halogenated alkanes) is 3. The van der Waals surface area contributed by atoms with Crippen LogP contribution < -0.4 is 22.1 Å². The summed E-state index contributed by atoms with van der Waals surface area (Å²) >= 11 is 1.16. The summed E-state index contributed by atoms with van der Waals surface area (Å²) in [5, 5.41) is 6.22. The molecule has 1 aromatic rings. The summed E-state index contributed by atoms with van der Waals surface area (Å²) in [7, 11) is 1.52. The molecule has 1 heterocycles. The van der Waals surface area contributed by atoms with E-state index >= 15 is 0 Å². The van der Waals surface area contributed by atoms with Gasteiger partial charge in [-0.2, -0.15) is 0 Å². The van der Waals surface area contributed by atoms with Crippen LogP contribution in [0.15, 0.2) is 0 Å². The Hall–Kier alpha value is -1.76. The highest BCUT2D eigenvalue weighted by Gasteiger charge is 2.23. The summed E-state index contributed by atoms with van der Waals surface area (Å²) in [6, 6.07) is 0. The van der Waals surface area contributed by atoms with Gasteiger partial charge in [-0.25, -0.2) is 0 Å². The fraction of sp³-hybridized carbons (Fsp3) is 0.538. The first-order valence-electron chi connectivity index (χ1n) is 6.70. The molecule has 0 unspecified atom stereocenters. The van der Waals surface area contributed by atoms with Crippen molar-refractivity contribution < 1.29 is 9.59 Å². The Morgan fingerprint density at radius 3 is 2.50 bits per heavy atom. The lowest BCUT2D eigenvalue weighted by molar-refractivity contribution is 0.0967. The fourth-order valence-corrected chi connectivity index (χ4v) is 2.95. The SMILES string of the molecule is CCCCCCNc1sc(C(=O)NC)c(N)c1C(N)=O. The number of thiophene rings is 1. The molecular weight excluding hydrogens is 276 g/mol. The standard InChI is InChI=1S/C13H22N4O2S/c1-3-4-5-6-7-17-13-8(11(15)18)9(14)10(20-13)12(19)16-2/h17H,3-7,14H2,1-2H3,(H2,15,18)(H,16,19). The van der Waals surface area contributed by atoms with Crippen LogP contribution >= 0.6 is 11.3 Å². The topological polar surface area (TPSA) is 110 Å². The lowest BCUT2D eigenvalue weighted by Gasteiger charge is -2.05. The highest BCUT2D eigenvalue weighted by molar-refractivity contribution is 7.19. The molecule has 7 heteroatoms. The van der Waals surface area contributed by atoms with E-state index in [1.807, 2.05) is 0 Å². The molecule has 1 rings (SSSR count). The number of amides is 2. The molecule has 0 radical (unpaired) electrons. The number of carbonyl (C=O) groups excluding carboxylic acids is 2. The first-order chi connectivity index (χ1) is 9.52. The van der Waals surface area contributed by atoms with Crippen LogP contribution in [0, 0.1) is 0 Å². The molecule has 0 aromatic carbocycles. The molecule has 0 saturated heterocycles. The number of nitrogen functional groups attached to an aromatic ring is 1. The van der Waals surface area contributed by atoms with E-state index in [4.69, 9.17) is 11.5 Å². The minimum Gasteiger partial charge on any atom is -0.397 e. The average molecular weight is 298 g/mol. The summed E-state index contributed by atoms with van der Waals surface area (Å²) in [5.74, 6) is -0.931. The fourth-order valence-electron chi connectivity index (χ4n) is 1.85. The highest BCUT2D eigenvalue weighted by Crippen LogP contribution is 2.35. The van der Waals surface area contributed by atoms with Gasteiger partial charge < -0.3 is 22.1 Å². The van der Waals surface area contributed by atoms with Crippen LogP contribution in [-0.2, 0) is 0 Å². The average Bonchev–Trinajstić information content (AvgIpc) is 2.74. The summed E-state index contributed by atoms with van der Waals surface area (Å²) in [4.78, 5) is 23.5. The van der Waals surface area contributed by atoms with Gasteiger partial charge in [0.1, 0.15) is 9.88 Å². The van der Waals surface area contributed by atoms with Crippen LogP contribution in [0.4, 0.5) is 10.7 Å². The zero-order valence-corrected chi connectivity index (χ0v) is 12.7. The molecule has 20 heavy (non-hydrogen) atoms. The van der Waals surface area contributed by atoms with Crippen LogP contribution in [0.25, 0.3) is 0 Å². The third-order valence-electron chi connectivity index (χ3n) is 2.94. The number of primary amides is 1. The molecule has 0 saturated carbocycles. The van der Waals surface area contributed by atoms with Gasteiger partial charge in [0.2, 0.25) is 0 Å². The van der Waals surface area contributed by atoms with Gasteiger partial charge in [0.25, 0.3) is 11.8 Å². The van der Waals surface area contributed by atoms with Crippen LogP contribution in [0.5, 0.6) is 0 Å². The number of nitrogens with one attached hydrogen (secondary N) is 2. The van der Waals surface area contributed by atoms with E-state index in [9.17, 15) is 9.59 Å². The van der Waals surface area contributed by atoms with E-state index in [0.29, 0.717) is 9.88 Å². The van der Waals surface area contributed by atoms with Crippen molar-refractivity contribution in [2.45, 2.75) is 32.6 Å². The summed E-state index contributed by atoms with van der Waals surface area (Å²) in [6.07, 6.45) is 4.47. The van der Waals surface area contributed by atoms with Crippen molar-refractivity contribution in [2.24, 2.45) is 5.73 Å². The van der Waals surface area contributed by atoms with Gasteiger partial charge in [-0.3, -0.25) is 9.59 Å². The van der Waals surface area contributed by atoms with Crippen molar-refractivity contribution in [1.82, 2.24) is 5.32 Å². The molecule has 6 N–H and O–H groups in total. The number of nitrogens with two attached hydrogens (primary N) is 2. The molecule has 0 aliphatic heterocycles. The maximum atomic E-state index is 11.7. The van der Waals surface area contributed by atoms with E-state index in [1.165, 1.54) is 19.9 Å². The maximum Gasteiger partial charge on any atom is 0.263 e. The van der Waals surface area contributed by atoms with E-state index in [1.54, 1.807) is 0 Å². The zero-order chi connectivity index (χ0) is 15.1. The second-order valence-electron chi connectivity index (χ2n) is 4.48. The third kappa shape index (κ3) is 3.86. The molecule has 0 spiro atoms. The van der Waals surface area contributed by atoms with E-state index in [2.05, 4.69) is 17.6 Å². The Morgan fingerprint density at radius 2 is 1.95 bits per heavy atom. The Bertz CT molecular complexity index is 485. The third-order valence-corrected chi connectivity index (χ3v) is 4.10. The quantitative estimate of drug-likeness (QED) is 0.548. The van der Waals surface area contributed by atoms with Crippen molar-refractivity contribution in [2.75, 3.05) is 24.6 Å². The lowest BCUT2D eigenvalue weighted by Crippen LogP contribution is -2.19. The van der Waals surface area contributed by atoms with Crippen molar-refractivity contribution in [1.29, 1.82) is 0 Å². The summed E-state index contributed by atoms with van der Waals surface area (Å²) < 4.78 is 0. The van der Waals surface area contributed by atoms with Gasteiger partial charge in [-0.15, -0.1) is 11.3 Å². The molecule has 112 valence electrons. The van der Waals surface area contributed by atoms with Crippen LogP contribution in [0.1, 0.15) is 52.6 Å². The van der Waals surface area contributed by atoms with E-state index in [0.717, 1.165) is 30.7 Å².